The molecule has 2 rings (SSSR count). The smallest absolute Gasteiger partial charge is 0.0618 e. The van der Waals surface area contributed by atoms with Gasteiger partial charge in [0.2, 0.25) is 0 Å². The van der Waals surface area contributed by atoms with Gasteiger partial charge in [-0.25, -0.2) is 0 Å². The fourth-order valence-electron chi connectivity index (χ4n) is 2.16. The maximum Gasteiger partial charge on any atom is 0.0618 e. The number of pyridine rings is 1. The standard InChI is InChI=1S/C16H22N2O/c1-12(2)16(11-19-3)18-9-13-4-5-15-10-17-7-6-14(15)8-13/h4-8,10,12,16,18H,9,11H2,1-3H3. The maximum absolute atomic E-state index is 5.25. The van der Waals surface area contributed by atoms with Gasteiger partial charge in [-0.2, -0.15) is 0 Å². The van der Waals surface area contributed by atoms with E-state index in [1.807, 2.05) is 18.5 Å². The van der Waals surface area contributed by atoms with Gasteiger partial charge in [0.25, 0.3) is 0 Å². The summed E-state index contributed by atoms with van der Waals surface area (Å²) < 4.78 is 5.25. The molecule has 0 saturated heterocycles. The van der Waals surface area contributed by atoms with E-state index < -0.39 is 0 Å². The number of nitrogens with one attached hydrogen (secondary N) is 1. The molecule has 1 aromatic carbocycles. The van der Waals surface area contributed by atoms with Crippen molar-refractivity contribution in [1.29, 1.82) is 0 Å². The number of rotatable bonds is 6. The van der Waals surface area contributed by atoms with Gasteiger partial charge in [-0.05, 0) is 29.0 Å². The van der Waals surface area contributed by atoms with Crippen LogP contribution in [0.1, 0.15) is 19.4 Å². The van der Waals surface area contributed by atoms with E-state index in [0.29, 0.717) is 12.0 Å². The molecule has 0 saturated carbocycles. The van der Waals surface area contributed by atoms with Crippen molar-refractivity contribution in [2.45, 2.75) is 26.4 Å². The number of aromatic nitrogens is 1. The van der Waals surface area contributed by atoms with Crippen LogP contribution in [0.15, 0.2) is 36.7 Å². The summed E-state index contributed by atoms with van der Waals surface area (Å²) >= 11 is 0. The molecule has 1 N–H and O–H groups in total. The molecule has 2 aromatic rings. The Hall–Kier alpha value is -1.45. The Labute approximate surface area is 115 Å². The Morgan fingerprint density at radius 3 is 2.79 bits per heavy atom. The molecule has 3 nitrogen and oxygen atoms in total. The molecule has 0 aliphatic rings. The lowest BCUT2D eigenvalue weighted by molar-refractivity contribution is 0.146. The minimum atomic E-state index is 0.387. The second-order valence-electron chi connectivity index (χ2n) is 5.24. The first-order chi connectivity index (χ1) is 9.20. The first-order valence-corrected chi connectivity index (χ1v) is 6.75. The fourth-order valence-corrected chi connectivity index (χ4v) is 2.16. The molecule has 1 heterocycles. The highest BCUT2D eigenvalue weighted by Crippen LogP contribution is 2.14. The average molecular weight is 258 g/mol. The Kier molecular flexibility index (Phi) is 4.88. The molecule has 1 unspecified atom stereocenters. The van der Waals surface area contributed by atoms with E-state index in [9.17, 15) is 0 Å². The summed E-state index contributed by atoms with van der Waals surface area (Å²) in [6.45, 7) is 6.03. The van der Waals surface area contributed by atoms with E-state index in [1.54, 1.807) is 7.11 Å². The Balaban J connectivity index is 2.04. The lowest BCUT2D eigenvalue weighted by Gasteiger charge is -2.21. The Morgan fingerprint density at radius 2 is 2.05 bits per heavy atom. The molecule has 0 bridgehead atoms. The molecule has 1 atom stereocenters. The van der Waals surface area contributed by atoms with Crippen molar-refractivity contribution >= 4 is 10.8 Å². The number of methoxy groups -OCH3 is 1. The van der Waals surface area contributed by atoms with E-state index in [2.05, 4.69) is 42.3 Å². The quantitative estimate of drug-likeness (QED) is 0.865. The van der Waals surface area contributed by atoms with Gasteiger partial charge in [-0.1, -0.05) is 26.0 Å². The van der Waals surface area contributed by atoms with E-state index in [1.165, 1.54) is 16.3 Å². The molecule has 0 spiro atoms. The number of hydrogen-bond acceptors (Lipinski definition) is 3. The van der Waals surface area contributed by atoms with Crippen LogP contribution in [0.5, 0.6) is 0 Å². The maximum atomic E-state index is 5.25. The topological polar surface area (TPSA) is 34.1 Å². The SMILES string of the molecule is COCC(NCc1ccc2cnccc2c1)C(C)C. The highest BCUT2D eigenvalue weighted by atomic mass is 16.5. The summed E-state index contributed by atoms with van der Waals surface area (Å²) in [6, 6.07) is 8.93. The van der Waals surface area contributed by atoms with Gasteiger partial charge < -0.3 is 10.1 Å². The number of hydrogen-bond donors (Lipinski definition) is 1. The molecule has 0 amide bonds. The first kappa shape index (κ1) is 14.0. The second-order valence-corrected chi connectivity index (χ2v) is 5.24. The second kappa shape index (κ2) is 6.64. The van der Waals surface area contributed by atoms with Crippen molar-refractivity contribution < 1.29 is 4.74 Å². The summed E-state index contributed by atoms with van der Waals surface area (Å²) in [6.07, 6.45) is 3.73. The summed E-state index contributed by atoms with van der Waals surface area (Å²) in [5, 5.41) is 5.98. The van der Waals surface area contributed by atoms with Gasteiger partial charge in [0, 0.05) is 37.5 Å². The molecule has 19 heavy (non-hydrogen) atoms. The number of nitrogens with zero attached hydrogens (tertiary/aromatic N) is 1. The van der Waals surface area contributed by atoms with Gasteiger partial charge >= 0.3 is 0 Å². The first-order valence-electron chi connectivity index (χ1n) is 6.75. The van der Waals surface area contributed by atoms with Crippen LogP contribution >= 0.6 is 0 Å². The van der Waals surface area contributed by atoms with Crippen LogP contribution in [-0.4, -0.2) is 24.7 Å². The average Bonchev–Trinajstić information content (AvgIpc) is 2.43. The molecular weight excluding hydrogens is 236 g/mol. The van der Waals surface area contributed by atoms with Crippen molar-refractivity contribution in [3.63, 3.8) is 0 Å². The Morgan fingerprint density at radius 1 is 1.21 bits per heavy atom. The fraction of sp³-hybridized carbons (Fsp3) is 0.438. The van der Waals surface area contributed by atoms with Crippen LogP contribution in [0, 0.1) is 5.92 Å². The van der Waals surface area contributed by atoms with Gasteiger partial charge in [0.05, 0.1) is 6.61 Å². The van der Waals surface area contributed by atoms with Gasteiger partial charge in [0.1, 0.15) is 0 Å². The van der Waals surface area contributed by atoms with Crippen molar-refractivity contribution in [3.8, 4) is 0 Å². The third-order valence-electron chi connectivity index (χ3n) is 3.42. The molecule has 102 valence electrons. The minimum absolute atomic E-state index is 0.387. The van der Waals surface area contributed by atoms with Gasteiger partial charge in [0.15, 0.2) is 0 Å². The largest absolute Gasteiger partial charge is 0.383 e. The zero-order valence-corrected chi connectivity index (χ0v) is 11.9. The normalized spacial score (nSPS) is 13.1. The van der Waals surface area contributed by atoms with Crippen molar-refractivity contribution in [2.75, 3.05) is 13.7 Å². The van der Waals surface area contributed by atoms with Crippen LogP contribution in [0.3, 0.4) is 0 Å². The summed E-state index contributed by atoms with van der Waals surface area (Å²) in [7, 11) is 1.75. The number of fused-ring (bicyclic) bond motifs is 1. The van der Waals surface area contributed by atoms with Crippen LogP contribution in [0.2, 0.25) is 0 Å². The van der Waals surface area contributed by atoms with E-state index >= 15 is 0 Å². The molecule has 0 aliphatic carbocycles. The third-order valence-corrected chi connectivity index (χ3v) is 3.42. The highest BCUT2D eigenvalue weighted by Gasteiger charge is 2.12. The Bertz CT molecular complexity index is 525. The summed E-state index contributed by atoms with van der Waals surface area (Å²) in [5.74, 6) is 0.560. The zero-order chi connectivity index (χ0) is 13.7. The lowest BCUT2D eigenvalue weighted by atomic mass is 10.0. The van der Waals surface area contributed by atoms with Crippen molar-refractivity contribution in [3.05, 3.63) is 42.2 Å². The highest BCUT2D eigenvalue weighted by molar-refractivity contribution is 5.81. The summed E-state index contributed by atoms with van der Waals surface area (Å²) in [4.78, 5) is 4.13. The third kappa shape index (κ3) is 3.75. The summed E-state index contributed by atoms with van der Waals surface area (Å²) in [5.41, 5.74) is 1.29. The minimum Gasteiger partial charge on any atom is -0.383 e. The lowest BCUT2D eigenvalue weighted by Crippen LogP contribution is -2.37. The van der Waals surface area contributed by atoms with Gasteiger partial charge in [-0.15, -0.1) is 0 Å². The van der Waals surface area contributed by atoms with E-state index in [0.717, 1.165) is 13.2 Å². The molecule has 1 aromatic heterocycles. The van der Waals surface area contributed by atoms with Crippen molar-refractivity contribution in [1.82, 2.24) is 10.3 Å². The predicted molar refractivity (Wildman–Crippen MR) is 79.1 cm³/mol. The molecule has 0 fully saturated rings. The van der Waals surface area contributed by atoms with Crippen LogP contribution in [0.25, 0.3) is 10.8 Å². The molecule has 3 heteroatoms. The number of benzene rings is 1. The predicted octanol–water partition coefficient (Wildman–Crippen LogP) is 3.00. The molecule has 0 aliphatic heterocycles. The van der Waals surface area contributed by atoms with E-state index in [-0.39, 0.29) is 0 Å². The van der Waals surface area contributed by atoms with E-state index in [4.69, 9.17) is 4.74 Å². The monoisotopic (exact) mass is 258 g/mol. The van der Waals surface area contributed by atoms with Crippen LogP contribution < -0.4 is 5.32 Å². The van der Waals surface area contributed by atoms with Crippen molar-refractivity contribution in [2.24, 2.45) is 5.92 Å². The number of ether oxygens (including phenoxy) is 1. The van der Waals surface area contributed by atoms with Crippen LogP contribution in [-0.2, 0) is 11.3 Å². The van der Waals surface area contributed by atoms with Gasteiger partial charge in [-0.3, -0.25) is 4.98 Å². The zero-order valence-electron chi connectivity index (χ0n) is 11.9. The molecular formula is C16H22N2O. The van der Waals surface area contributed by atoms with Crippen LogP contribution in [0.4, 0.5) is 0 Å². The molecule has 0 radical (unpaired) electrons.